The van der Waals surface area contributed by atoms with Crippen LogP contribution in [0.15, 0.2) is 18.2 Å². The van der Waals surface area contributed by atoms with Crippen LogP contribution in [0.25, 0.3) is 0 Å². The maximum Gasteiger partial charge on any atom is 0.319 e. The molecule has 0 fully saturated rings. The van der Waals surface area contributed by atoms with E-state index >= 15 is 0 Å². The Labute approximate surface area is 123 Å². The molecule has 0 aliphatic rings. The zero-order chi connectivity index (χ0) is 15.8. The molecule has 2 amide bonds. The summed E-state index contributed by atoms with van der Waals surface area (Å²) in [5.41, 5.74) is 0.313. The second-order valence-corrected chi connectivity index (χ2v) is 4.68. The van der Waals surface area contributed by atoms with Gasteiger partial charge in [-0.25, -0.2) is 9.18 Å². The smallest absolute Gasteiger partial charge is 0.319 e. The van der Waals surface area contributed by atoms with Gasteiger partial charge >= 0.3 is 6.03 Å². The summed E-state index contributed by atoms with van der Waals surface area (Å²) in [5, 5.41) is 14.3. The zero-order valence-corrected chi connectivity index (χ0v) is 12.0. The van der Waals surface area contributed by atoms with Gasteiger partial charge in [-0.2, -0.15) is 0 Å². The standard InChI is InChI=1S/C15H19FN2O3/c1-4-7-21-14-8-12(16)5-6-13(14)18-15(20)17-11(3)10(2)9-19/h1,5-6,8,10-11,19H,7,9H2,2-3H3,(H2,17,18,20)/t10-,11-/m0/s1. The number of aliphatic hydroxyl groups is 1. The van der Waals surface area contributed by atoms with E-state index in [2.05, 4.69) is 16.6 Å². The van der Waals surface area contributed by atoms with Crippen LogP contribution in [0.1, 0.15) is 13.8 Å². The van der Waals surface area contributed by atoms with Gasteiger partial charge in [-0.15, -0.1) is 6.42 Å². The summed E-state index contributed by atoms with van der Waals surface area (Å²) in [4.78, 5) is 11.9. The van der Waals surface area contributed by atoms with Gasteiger partial charge in [0.25, 0.3) is 0 Å². The number of aliphatic hydroxyl groups excluding tert-OH is 1. The van der Waals surface area contributed by atoms with Gasteiger partial charge in [0.05, 0.1) is 5.69 Å². The summed E-state index contributed by atoms with van der Waals surface area (Å²) >= 11 is 0. The Morgan fingerprint density at radius 1 is 1.52 bits per heavy atom. The fourth-order valence-electron chi connectivity index (χ4n) is 1.50. The number of urea groups is 1. The van der Waals surface area contributed by atoms with Crippen molar-refractivity contribution in [3.05, 3.63) is 24.0 Å². The van der Waals surface area contributed by atoms with Gasteiger partial charge in [0.2, 0.25) is 0 Å². The lowest BCUT2D eigenvalue weighted by molar-refractivity contribution is 0.204. The van der Waals surface area contributed by atoms with Gasteiger partial charge < -0.3 is 20.5 Å². The van der Waals surface area contributed by atoms with Crippen LogP contribution in [-0.4, -0.2) is 30.4 Å². The Morgan fingerprint density at radius 3 is 2.86 bits per heavy atom. The summed E-state index contributed by atoms with van der Waals surface area (Å²) in [6.45, 7) is 3.53. The first-order chi connectivity index (χ1) is 9.97. The van der Waals surface area contributed by atoms with Crippen molar-refractivity contribution in [2.24, 2.45) is 5.92 Å². The predicted octanol–water partition coefficient (Wildman–Crippen LogP) is 1.98. The summed E-state index contributed by atoms with van der Waals surface area (Å²) in [5.74, 6) is 1.86. The number of terminal acetylenes is 1. The van der Waals surface area contributed by atoms with E-state index in [9.17, 15) is 9.18 Å². The molecule has 6 heteroatoms. The van der Waals surface area contributed by atoms with Crippen LogP contribution in [-0.2, 0) is 0 Å². The van der Waals surface area contributed by atoms with Crippen LogP contribution in [0.5, 0.6) is 5.75 Å². The average Bonchev–Trinajstić information content (AvgIpc) is 2.46. The molecule has 5 nitrogen and oxygen atoms in total. The fourth-order valence-corrected chi connectivity index (χ4v) is 1.50. The van der Waals surface area contributed by atoms with Crippen LogP contribution >= 0.6 is 0 Å². The third kappa shape index (κ3) is 5.32. The fraction of sp³-hybridized carbons (Fsp3) is 0.400. The van der Waals surface area contributed by atoms with Gasteiger partial charge in [-0.3, -0.25) is 0 Å². The number of amides is 2. The molecular weight excluding hydrogens is 275 g/mol. The molecule has 2 atom stereocenters. The van der Waals surface area contributed by atoms with Crippen molar-refractivity contribution in [3.63, 3.8) is 0 Å². The molecule has 0 aromatic heterocycles. The number of carbonyl (C=O) groups excluding carboxylic acids is 1. The highest BCUT2D eigenvalue weighted by atomic mass is 19.1. The van der Waals surface area contributed by atoms with Crippen molar-refractivity contribution in [3.8, 4) is 18.1 Å². The number of nitrogens with one attached hydrogen (secondary N) is 2. The number of rotatable bonds is 6. The van der Waals surface area contributed by atoms with E-state index in [-0.39, 0.29) is 30.9 Å². The number of anilines is 1. The van der Waals surface area contributed by atoms with E-state index in [1.54, 1.807) is 6.92 Å². The predicted molar refractivity (Wildman–Crippen MR) is 78.6 cm³/mol. The molecule has 21 heavy (non-hydrogen) atoms. The van der Waals surface area contributed by atoms with E-state index in [1.807, 2.05) is 6.92 Å². The molecule has 3 N–H and O–H groups in total. The molecular formula is C15H19FN2O3. The summed E-state index contributed by atoms with van der Waals surface area (Å²) in [6.07, 6.45) is 5.09. The van der Waals surface area contributed by atoms with Crippen molar-refractivity contribution < 1.29 is 19.0 Å². The highest BCUT2D eigenvalue weighted by Gasteiger charge is 2.15. The van der Waals surface area contributed by atoms with Gasteiger partial charge in [-0.05, 0) is 25.0 Å². The van der Waals surface area contributed by atoms with E-state index in [0.717, 1.165) is 6.07 Å². The first kappa shape index (κ1) is 16.8. The van der Waals surface area contributed by atoms with Crippen LogP contribution in [0, 0.1) is 24.1 Å². The Kier molecular flexibility index (Phi) is 6.50. The molecule has 0 aliphatic heterocycles. The highest BCUT2D eigenvalue weighted by molar-refractivity contribution is 5.91. The minimum absolute atomic E-state index is 0.0301. The molecule has 0 saturated heterocycles. The van der Waals surface area contributed by atoms with Crippen LogP contribution in [0.3, 0.4) is 0 Å². The minimum Gasteiger partial charge on any atom is -0.479 e. The summed E-state index contributed by atoms with van der Waals surface area (Å²) < 4.78 is 18.4. The zero-order valence-electron chi connectivity index (χ0n) is 12.0. The van der Waals surface area contributed by atoms with Crippen molar-refractivity contribution >= 4 is 11.7 Å². The first-order valence-corrected chi connectivity index (χ1v) is 6.52. The van der Waals surface area contributed by atoms with Crippen molar-refractivity contribution in [1.29, 1.82) is 0 Å². The van der Waals surface area contributed by atoms with Crippen LogP contribution < -0.4 is 15.4 Å². The molecule has 0 saturated carbocycles. The second-order valence-electron chi connectivity index (χ2n) is 4.68. The van der Waals surface area contributed by atoms with E-state index < -0.39 is 11.8 Å². The van der Waals surface area contributed by atoms with Crippen molar-refractivity contribution in [2.75, 3.05) is 18.5 Å². The van der Waals surface area contributed by atoms with Crippen molar-refractivity contribution in [2.45, 2.75) is 19.9 Å². The lowest BCUT2D eigenvalue weighted by Crippen LogP contribution is -2.40. The molecule has 0 spiro atoms. The molecule has 1 aromatic rings. The molecule has 0 radical (unpaired) electrons. The normalized spacial score (nSPS) is 12.9. The average molecular weight is 294 g/mol. The Morgan fingerprint density at radius 2 is 2.24 bits per heavy atom. The quantitative estimate of drug-likeness (QED) is 0.703. The van der Waals surface area contributed by atoms with Gasteiger partial charge in [0, 0.05) is 18.7 Å². The molecule has 0 aliphatic carbocycles. The third-order valence-electron chi connectivity index (χ3n) is 3.00. The topological polar surface area (TPSA) is 70.6 Å². The number of halogens is 1. The summed E-state index contributed by atoms with van der Waals surface area (Å²) in [7, 11) is 0. The monoisotopic (exact) mass is 294 g/mol. The van der Waals surface area contributed by atoms with Crippen LogP contribution in [0.4, 0.5) is 14.9 Å². The van der Waals surface area contributed by atoms with Gasteiger partial charge in [0.1, 0.15) is 18.2 Å². The largest absolute Gasteiger partial charge is 0.479 e. The third-order valence-corrected chi connectivity index (χ3v) is 3.00. The molecule has 0 unspecified atom stereocenters. The van der Waals surface area contributed by atoms with E-state index in [0.29, 0.717) is 5.69 Å². The molecule has 114 valence electrons. The Balaban J connectivity index is 2.73. The molecule has 0 heterocycles. The Bertz CT molecular complexity index is 528. The van der Waals surface area contributed by atoms with Gasteiger partial charge in [-0.1, -0.05) is 12.8 Å². The number of carbonyl (C=O) groups is 1. The SMILES string of the molecule is C#CCOc1cc(F)ccc1NC(=O)N[C@@H](C)[C@@H](C)CO. The Hall–Kier alpha value is -2.26. The van der Waals surface area contributed by atoms with E-state index in [4.69, 9.17) is 16.3 Å². The lowest BCUT2D eigenvalue weighted by Gasteiger charge is -2.20. The van der Waals surface area contributed by atoms with Gasteiger partial charge in [0.15, 0.2) is 0 Å². The van der Waals surface area contributed by atoms with Crippen molar-refractivity contribution in [1.82, 2.24) is 5.32 Å². The number of hydrogen-bond acceptors (Lipinski definition) is 3. The highest BCUT2D eigenvalue weighted by Crippen LogP contribution is 2.25. The lowest BCUT2D eigenvalue weighted by atomic mass is 10.1. The molecule has 1 rings (SSSR count). The maximum atomic E-state index is 13.2. The summed E-state index contributed by atoms with van der Waals surface area (Å²) in [6, 6.07) is 3.05. The maximum absolute atomic E-state index is 13.2. The number of benzene rings is 1. The number of hydrogen-bond donors (Lipinski definition) is 3. The second kappa shape index (κ2) is 8.12. The van der Waals surface area contributed by atoms with Crippen LogP contribution in [0.2, 0.25) is 0 Å². The number of ether oxygens (including phenoxy) is 1. The minimum atomic E-state index is -0.491. The van der Waals surface area contributed by atoms with E-state index in [1.165, 1.54) is 12.1 Å². The first-order valence-electron chi connectivity index (χ1n) is 6.52. The molecule has 1 aromatic carbocycles. The molecule has 0 bridgehead atoms.